The van der Waals surface area contributed by atoms with Crippen molar-refractivity contribution < 1.29 is 18.5 Å². The fraction of sp³-hybridized carbons (Fsp3) is 0.333. The fourth-order valence-electron chi connectivity index (χ4n) is 1.92. The number of furan rings is 1. The van der Waals surface area contributed by atoms with E-state index in [1.807, 2.05) is 0 Å². The molecule has 1 fully saturated rings. The van der Waals surface area contributed by atoms with Gasteiger partial charge in [-0.25, -0.2) is 4.79 Å². The second kappa shape index (κ2) is 4.19. The summed E-state index contributed by atoms with van der Waals surface area (Å²) in [6.45, 7) is 3.23. The van der Waals surface area contributed by atoms with Crippen molar-refractivity contribution in [2.75, 3.05) is 0 Å². The summed E-state index contributed by atoms with van der Waals surface area (Å²) in [5.41, 5.74) is -0.912. The van der Waals surface area contributed by atoms with E-state index in [-0.39, 0.29) is 24.2 Å². The summed E-state index contributed by atoms with van der Waals surface area (Å²) in [6.07, 6.45) is 1.49. The molecule has 0 radical (unpaired) electrons. The zero-order valence-electron chi connectivity index (χ0n) is 10.9. The molecule has 8 nitrogen and oxygen atoms in total. The second-order valence-electron chi connectivity index (χ2n) is 4.94. The second-order valence-corrected chi connectivity index (χ2v) is 4.94. The number of rotatable bonds is 3. The van der Waals surface area contributed by atoms with Crippen molar-refractivity contribution >= 4 is 11.9 Å². The largest absolute Gasteiger partial charge is 0.459 e. The molecule has 0 bridgehead atoms. The maximum absolute atomic E-state index is 12.0. The van der Waals surface area contributed by atoms with Crippen LogP contribution in [0, 0.1) is 0 Å². The van der Waals surface area contributed by atoms with Gasteiger partial charge in [0.25, 0.3) is 11.8 Å². The zero-order chi connectivity index (χ0) is 14.3. The predicted molar refractivity (Wildman–Crippen MR) is 65.2 cm³/mol. The van der Waals surface area contributed by atoms with Gasteiger partial charge in [0.15, 0.2) is 11.6 Å². The van der Waals surface area contributed by atoms with Crippen LogP contribution in [0.25, 0.3) is 11.7 Å². The van der Waals surface area contributed by atoms with E-state index in [2.05, 4.69) is 15.5 Å². The summed E-state index contributed by atoms with van der Waals surface area (Å²) in [6, 6.07) is 2.90. The minimum atomic E-state index is -0.912. The van der Waals surface area contributed by atoms with Crippen molar-refractivity contribution in [1.29, 1.82) is 0 Å². The first-order chi connectivity index (χ1) is 9.47. The van der Waals surface area contributed by atoms with Crippen LogP contribution in [0.2, 0.25) is 0 Å². The Hall–Kier alpha value is -2.64. The van der Waals surface area contributed by atoms with Gasteiger partial charge in [0.05, 0.1) is 12.8 Å². The SMILES string of the molecule is CC1(C)NC(=O)N(Cc2noc(-c3ccco3)n2)C1=O. The number of urea groups is 1. The van der Waals surface area contributed by atoms with Gasteiger partial charge in [-0.05, 0) is 26.0 Å². The third-order valence-electron chi connectivity index (χ3n) is 2.94. The molecule has 1 aliphatic heterocycles. The van der Waals surface area contributed by atoms with Crippen LogP contribution in [0.3, 0.4) is 0 Å². The summed E-state index contributed by atoms with van der Waals surface area (Å²) in [7, 11) is 0. The first-order valence-corrected chi connectivity index (χ1v) is 5.98. The molecule has 2 aromatic heterocycles. The molecule has 0 saturated carbocycles. The number of amides is 3. The van der Waals surface area contributed by atoms with Crippen molar-refractivity contribution in [3.8, 4) is 11.7 Å². The van der Waals surface area contributed by atoms with E-state index in [0.29, 0.717) is 5.76 Å². The number of carbonyl (C=O) groups is 2. The van der Waals surface area contributed by atoms with Gasteiger partial charge in [-0.2, -0.15) is 4.98 Å². The van der Waals surface area contributed by atoms with E-state index in [0.717, 1.165) is 4.90 Å². The third kappa shape index (κ3) is 1.94. The minimum absolute atomic E-state index is 0.0433. The van der Waals surface area contributed by atoms with E-state index < -0.39 is 11.6 Å². The average molecular weight is 276 g/mol. The van der Waals surface area contributed by atoms with E-state index in [1.165, 1.54) is 6.26 Å². The van der Waals surface area contributed by atoms with Crippen LogP contribution < -0.4 is 5.32 Å². The molecule has 1 N–H and O–H groups in total. The number of imide groups is 1. The maximum Gasteiger partial charge on any atom is 0.325 e. The molecule has 3 heterocycles. The van der Waals surface area contributed by atoms with Crippen LogP contribution in [-0.2, 0) is 11.3 Å². The van der Waals surface area contributed by atoms with Crippen LogP contribution in [-0.4, -0.2) is 32.5 Å². The normalized spacial score (nSPS) is 17.6. The van der Waals surface area contributed by atoms with Crippen LogP contribution >= 0.6 is 0 Å². The van der Waals surface area contributed by atoms with Gasteiger partial charge >= 0.3 is 6.03 Å². The molecule has 0 atom stereocenters. The van der Waals surface area contributed by atoms with Crippen molar-refractivity contribution in [3.05, 3.63) is 24.2 Å². The van der Waals surface area contributed by atoms with Crippen molar-refractivity contribution in [1.82, 2.24) is 20.4 Å². The molecule has 0 unspecified atom stereocenters. The quantitative estimate of drug-likeness (QED) is 0.844. The highest BCUT2D eigenvalue weighted by molar-refractivity contribution is 6.06. The van der Waals surface area contributed by atoms with Gasteiger partial charge in [-0.15, -0.1) is 0 Å². The summed E-state index contributed by atoms with van der Waals surface area (Å²) < 4.78 is 10.1. The van der Waals surface area contributed by atoms with E-state index in [1.54, 1.807) is 26.0 Å². The molecule has 20 heavy (non-hydrogen) atoms. The number of carbonyl (C=O) groups excluding carboxylic acids is 2. The van der Waals surface area contributed by atoms with Gasteiger partial charge in [0.2, 0.25) is 0 Å². The Kier molecular flexibility index (Phi) is 2.60. The predicted octanol–water partition coefficient (Wildman–Crippen LogP) is 1.16. The monoisotopic (exact) mass is 276 g/mol. The van der Waals surface area contributed by atoms with Crippen molar-refractivity contribution in [2.24, 2.45) is 0 Å². The van der Waals surface area contributed by atoms with E-state index in [4.69, 9.17) is 8.94 Å². The van der Waals surface area contributed by atoms with Crippen molar-refractivity contribution in [2.45, 2.75) is 25.9 Å². The highest BCUT2D eigenvalue weighted by Crippen LogP contribution is 2.21. The smallest absolute Gasteiger partial charge is 0.325 e. The lowest BCUT2D eigenvalue weighted by Crippen LogP contribution is -2.40. The molecule has 104 valence electrons. The summed E-state index contributed by atoms with van der Waals surface area (Å²) in [5.74, 6) is 0.544. The Bertz CT molecular complexity index is 659. The molecule has 0 spiro atoms. The number of hydrogen-bond donors (Lipinski definition) is 1. The fourth-order valence-corrected chi connectivity index (χ4v) is 1.92. The van der Waals surface area contributed by atoms with Gasteiger partial charge in [0.1, 0.15) is 5.54 Å². The molecule has 0 aromatic carbocycles. The molecular weight excluding hydrogens is 264 g/mol. The Morgan fingerprint density at radius 1 is 1.40 bits per heavy atom. The van der Waals surface area contributed by atoms with Gasteiger partial charge in [0, 0.05) is 0 Å². The number of hydrogen-bond acceptors (Lipinski definition) is 6. The zero-order valence-corrected chi connectivity index (χ0v) is 10.9. The molecule has 8 heteroatoms. The van der Waals surface area contributed by atoms with Crippen LogP contribution in [0.5, 0.6) is 0 Å². The van der Waals surface area contributed by atoms with Gasteiger partial charge in [-0.3, -0.25) is 9.69 Å². The lowest BCUT2D eigenvalue weighted by atomic mass is 10.1. The standard InChI is InChI=1S/C12H12N4O4/c1-12(2)10(17)16(11(18)14-12)6-8-13-9(20-15-8)7-4-3-5-19-7/h3-5H,6H2,1-2H3,(H,14,18). The summed E-state index contributed by atoms with van der Waals surface area (Å²) in [5, 5.41) is 6.31. The van der Waals surface area contributed by atoms with Crippen LogP contribution in [0.4, 0.5) is 4.79 Å². The van der Waals surface area contributed by atoms with Crippen LogP contribution in [0.1, 0.15) is 19.7 Å². The Labute approximate surface area is 113 Å². The topological polar surface area (TPSA) is 101 Å². The molecular formula is C12H12N4O4. The molecule has 1 saturated heterocycles. The van der Waals surface area contributed by atoms with E-state index >= 15 is 0 Å². The highest BCUT2D eigenvalue weighted by Gasteiger charge is 2.44. The highest BCUT2D eigenvalue weighted by atomic mass is 16.5. The Morgan fingerprint density at radius 3 is 2.80 bits per heavy atom. The van der Waals surface area contributed by atoms with Gasteiger partial charge in [-0.1, -0.05) is 5.16 Å². The number of aromatic nitrogens is 2. The first kappa shape index (κ1) is 12.4. The summed E-state index contributed by atoms with van der Waals surface area (Å²) >= 11 is 0. The van der Waals surface area contributed by atoms with Gasteiger partial charge < -0.3 is 14.3 Å². The third-order valence-corrected chi connectivity index (χ3v) is 2.94. The molecule has 3 rings (SSSR count). The molecule has 3 amide bonds. The lowest BCUT2D eigenvalue weighted by Gasteiger charge is -2.14. The molecule has 1 aliphatic rings. The Balaban J connectivity index is 1.79. The van der Waals surface area contributed by atoms with E-state index in [9.17, 15) is 9.59 Å². The first-order valence-electron chi connectivity index (χ1n) is 5.98. The average Bonchev–Trinajstić information content (AvgIpc) is 3.07. The van der Waals surface area contributed by atoms with Crippen molar-refractivity contribution in [3.63, 3.8) is 0 Å². The summed E-state index contributed by atoms with van der Waals surface area (Å²) in [4.78, 5) is 28.9. The maximum atomic E-state index is 12.0. The minimum Gasteiger partial charge on any atom is -0.459 e. The Morgan fingerprint density at radius 2 is 2.20 bits per heavy atom. The molecule has 0 aliphatic carbocycles. The van der Waals surface area contributed by atoms with Crippen LogP contribution in [0.15, 0.2) is 27.3 Å². The number of nitrogens with one attached hydrogen (secondary N) is 1. The molecule has 2 aromatic rings. The number of nitrogens with zero attached hydrogens (tertiary/aromatic N) is 3. The lowest BCUT2D eigenvalue weighted by molar-refractivity contribution is -0.130.